The molecule has 1 aliphatic rings. The molecule has 0 saturated carbocycles. The van der Waals surface area contributed by atoms with Gasteiger partial charge < -0.3 is 19.7 Å². The number of ether oxygens (including phenoxy) is 2. The molecule has 1 N–H and O–H groups in total. The topological polar surface area (TPSA) is 98.6 Å². The number of anilines is 1. The SMILES string of the molecule is CCC(C(=O)Nc1ccc2c(c1)OCO2)N(Cc1ccccc1F)C(=O)Cn1nnc2ccccc21. The van der Waals surface area contributed by atoms with Crippen LogP contribution in [0.3, 0.4) is 0 Å². The van der Waals surface area contributed by atoms with Crippen LogP contribution >= 0.6 is 0 Å². The Hall–Kier alpha value is -4.47. The summed E-state index contributed by atoms with van der Waals surface area (Å²) >= 11 is 0. The summed E-state index contributed by atoms with van der Waals surface area (Å²) in [5.41, 5.74) is 2.15. The molecule has 36 heavy (non-hydrogen) atoms. The van der Waals surface area contributed by atoms with Crippen LogP contribution in [0.15, 0.2) is 66.7 Å². The molecule has 9 nitrogen and oxygen atoms in total. The predicted octanol–water partition coefficient (Wildman–Crippen LogP) is 3.75. The molecule has 0 aliphatic carbocycles. The average Bonchev–Trinajstić information content (AvgIpc) is 3.52. The molecule has 0 spiro atoms. The second-order valence-corrected chi connectivity index (χ2v) is 8.33. The number of rotatable bonds is 8. The number of carbonyl (C=O) groups excluding carboxylic acids is 2. The molecule has 1 unspecified atom stereocenters. The van der Waals surface area contributed by atoms with E-state index in [9.17, 15) is 14.0 Å². The van der Waals surface area contributed by atoms with Gasteiger partial charge in [0.25, 0.3) is 0 Å². The Bertz CT molecular complexity index is 1420. The highest BCUT2D eigenvalue weighted by atomic mass is 19.1. The van der Waals surface area contributed by atoms with Gasteiger partial charge in [0.15, 0.2) is 11.5 Å². The number of hydrogen-bond acceptors (Lipinski definition) is 6. The number of carbonyl (C=O) groups is 2. The Balaban J connectivity index is 1.42. The van der Waals surface area contributed by atoms with Gasteiger partial charge in [-0.1, -0.05) is 42.5 Å². The van der Waals surface area contributed by atoms with Crippen LogP contribution in [0.4, 0.5) is 10.1 Å². The number of fused-ring (bicyclic) bond motifs is 2. The fourth-order valence-corrected chi connectivity index (χ4v) is 4.18. The van der Waals surface area contributed by atoms with Crippen LogP contribution in [0.1, 0.15) is 18.9 Å². The number of para-hydroxylation sites is 1. The quantitative estimate of drug-likeness (QED) is 0.405. The normalized spacial score (nSPS) is 12.9. The molecule has 2 amide bonds. The van der Waals surface area contributed by atoms with Gasteiger partial charge in [-0.3, -0.25) is 9.59 Å². The van der Waals surface area contributed by atoms with Crippen LogP contribution < -0.4 is 14.8 Å². The molecule has 2 heterocycles. The van der Waals surface area contributed by atoms with E-state index in [1.807, 2.05) is 18.2 Å². The van der Waals surface area contributed by atoms with E-state index in [2.05, 4.69) is 15.6 Å². The largest absolute Gasteiger partial charge is 0.454 e. The summed E-state index contributed by atoms with van der Waals surface area (Å²) in [6.45, 7) is 1.69. The van der Waals surface area contributed by atoms with Crippen molar-refractivity contribution in [3.63, 3.8) is 0 Å². The summed E-state index contributed by atoms with van der Waals surface area (Å²) in [6.07, 6.45) is 0.314. The number of halogens is 1. The summed E-state index contributed by atoms with van der Waals surface area (Å²) in [4.78, 5) is 28.3. The third-order valence-corrected chi connectivity index (χ3v) is 6.03. The van der Waals surface area contributed by atoms with E-state index in [4.69, 9.17) is 9.47 Å². The number of nitrogens with zero attached hydrogens (tertiary/aromatic N) is 4. The fourth-order valence-electron chi connectivity index (χ4n) is 4.18. The van der Waals surface area contributed by atoms with E-state index in [1.54, 1.807) is 49.4 Å². The van der Waals surface area contributed by atoms with Gasteiger partial charge in [-0.2, -0.15) is 0 Å². The van der Waals surface area contributed by atoms with E-state index < -0.39 is 17.8 Å². The van der Waals surface area contributed by atoms with Crippen LogP contribution in [0.2, 0.25) is 0 Å². The molecule has 10 heteroatoms. The number of benzene rings is 3. The van der Waals surface area contributed by atoms with Crippen molar-refractivity contribution in [2.75, 3.05) is 12.1 Å². The van der Waals surface area contributed by atoms with Crippen LogP contribution in [0.5, 0.6) is 11.5 Å². The summed E-state index contributed by atoms with van der Waals surface area (Å²) in [5, 5.41) is 11.0. The van der Waals surface area contributed by atoms with Gasteiger partial charge in [0, 0.05) is 23.9 Å². The third-order valence-electron chi connectivity index (χ3n) is 6.03. The zero-order chi connectivity index (χ0) is 25.1. The van der Waals surface area contributed by atoms with Crippen molar-refractivity contribution in [2.24, 2.45) is 0 Å². The van der Waals surface area contributed by atoms with Crippen molar-refractivity contribution >= 4 is 28.5 Å². The lowest BCUT2D eigenvalue weighted by Gasteiger charge is -2.30. The minimum atomic E-state index is -0.864. The predicted molar refractivity (Wildman–Crippen MR) is 130 cm³/mol. The van der Waals surface area contributed by atoms with Crippen molar-refractivity contribution in [1.82, 2.24) is 19.9 Å². The number of amides is 2. The van der Waals surface area contributed by atoms with Gasteiger partial charge in [0.2, 0.25) is 18.6 Å². The smallest absolute Gasteiger partial charge is 0.247 e. The fraction of sp³-hybridized carbons (Fsp3) is 0.231. The highest BCUT2D eigenvalue weighted by molar-refractivity contribution is 5.97. The zero-order valence-electron chi connectivity index (χ0n) is 19.6. The van der Waals surface area contributed by atoms with Crippen LogP contribution in [-0.4, -0.2) is 44.5 Å². The first-order chi connectivity index (χ1) is 17.5. The molecule has 0 radical (unpaired) electrons. The summed E-state index contributed by atoms with van der Waals surface area (Å²) in [5.74, 6) is -0.117. The minimum absolute atomic E-state index is 0.0782. The van der Waals surface area contributed by atoms with Gasteiger partial charge in [-0.05, 0) is 36.8 Å². The van der Waals surface area contributed by atoms with Crippen LogP contribution in [-0.2, 0) is 22.7 Å². The minimum Gasteiger partial charge on any atom is -0.454 e. The van der Waals surface area contributed by atoms with Crippen LogP contribution in [0.25, 0.3) is 11.0 Å². The molecule has 1 atom stereocenters. The molecule has 1 aliphatic heterocycles. The van der Waals surface area contributed by atoms with Crippen molar-refractivity contribution in [3.05, 3.63) is 78.1 Å². The maximum Gasteiger partial charge on any atom is 0.247 e. The molecule has 0 bridgehead atoms. The number of aromatic nitrogens is 3. The summed E-state index contributed by atoms with van der Waals surface area (Å²) in [7, 11) is 0. The highest BCUT2D eigenvalue weighted by Crippen LogP contribution is 2.34. The van der Waals surface area contributed by atoms with E-state index in [0.717, 1.165) is 0 Å². The lowest BCUT2D eigenvalue weighted by atomic mass is 10.1. The van der Waals surface area contributed by atoms with Crippen molar-refractivity contribution in [2.45, 2.75) is 32.5 Å². The van der Waals surface area contributed by atoms with E-state index >= 15 is 0 Å². The van der Waals surface area contributed by atoms with Gasteiger partial charge in [0.1, 0.15) is 23.9 Å². The highest BCUT2D eigenvalue weighted by Gasteiger charge is 2.30. The lowest BCUT2D eigenvalue weighted by Crippen LogP contribution is -2.48. The Morgan fingerprint density at radius 3 is 2.69 bits per heavy atom. The first kappa shape index (κ1) is 23.3. The van der Waals surface area contributed by atoms with E-state index in [-0.39, 0.29) is 25.8 Å². The summed E-state index contributed by atoms with van der Waals surface area (Å²) in [6, 6.07) is 17.7. The number of nitrogens with one attached hydrogen (secondary N) is 1. The van der Waals surface area contributed by atoms with E-state index in [0.29, 0.717) is 40.2 Å². The molecular weight excluding hydrogens is 465 g/mol. The molecule has 3 aromatic carbocycles. The number of hydrogen-bond donors (Lipinski definition) is 1. The molecule has 4 aromatic rings. The van der Waals surface area contributed by atoms with Gasteiger partial charge in [-0.15, -0.1) is 5.10 Å². The Morgan fingerprint density at radius 2 is 1.86 bits per heavy atom. The Labute approximate surface area is 206 Å². The standard InChI is InChI=1S/C26H24FN5O4/c1-2-21(26(34)28-18-11-12-23-24(13-18)36-16-35-23)31(14-17-7-3-4-8-19(17)27)25(33)15-32-22-10-6-5-9-20(22)29-30-32/h3-13,21H,2,14-16H2,1H3,(H,28,34). The van der Waals surface area contributed by atoms with Crippen LogP contribution in [0, 0.1) is 5.82 Å². The zero-order valence-corrected chi connectivity index (χ0v) is 19.6. The average molecular weight is 490 g/mol. The molecule has 0 saturated heterocycles. The van der Waals surface area contributed by atoms with Crippen molar-refractivity contribution < 1.29 is 23.5 Å². The maximum absolute atomic E-state index is 14.5. The second kappa shape index (κ2) is 10.0. The second-order valence-electron chi connectivity index (χ2n) is 8.33. The molecule has 5 rings (SSSR count). The maximum atomic E-state index is 14.5. The molecule has 1 aromatic heterocycles. The van der Waals surface area contributed by atoms with Gasteiger partial charge in [-0.25, -0.2) is 9.07 Å². The Morgan fingerprint density at radius 1 is 1.08 bits per heavy atom. The first-order valence-electron chi connectivity index (χ1n) is 11.5. The monoisotopic (exact) mass is 489 g/mol. The molecular formula is C26H24FN5O4. The third kappa shape index (κ3) is 4.70. The lowest BCUT2D eigenvalue weighted by molar-refractivity contribution is -0.140. The van der Waals surface area contributed by atoms with Gasteiger partial charge >= 0.3 is 0 Å². The molecule has 184 valence electrons. The van der Waals surface area contributed by atoms with Crippen molar-refractivity contribution in [1.29, 1.82) is 0 Å². The first-order valence-corrected chi connectivity index (χ1v) is 11.5. The van der Waals surface area contributed by atoms with Crippen molar-refractivity contribution in [3.8, 4) is 11.5 Å². The molecule has 0 fully saturated rings. The van der Waals surface area contributed by atoms with E-state index in [1.165, 1.54) is 15.6 Å². The summed E-state index contributed by atoms with van der Waals surface area (Å²) < 4.78 is 26.7. The Kier molecular flexibility index (Phi) is 6.48. The van der Waals surface area contributed by atoms with Gasteiger partial charge in [0.05, 0.1) is 5.52 Å².